The minimum absolute atomic E-state index is 0.0362. The van der Waals surface area contributed by atoms with Crippen LogP contribution in [-0.4, -0.2) is 42.8 Å². The summed E-state index contributed by atoms with van der Waals surface area (Å²) in [4.78, 5) is 25.1. The second-order valence-corrected chi connectivity index (χ2v) is 10.4. The molecule has 0 saturated carbocycles. The lowest BCUT2D eigenvalue weighted by Gasteiger charge is -2.32. The Morgan fingerprint density at radius 2 is 1.81 bits per heavy atom. The third-order valence-corrected chi connectivity index (χ3v) is 7.84. The van der Waals surface area contributed by atoms with E-state index in [0.717, 1.165) is 19.3 Å². The molecule has 1 saturated heterocycles. The van der Waals surface area contributed by atoms with Gasteiger partial charge in [-0.05, 0) is 69.3 Å². The van der Waals surface area contributed by atoms with E-state index in [4.69, 9.17) is 0 Å². The zero-order chi connectivity index (χ0) is 22.6. The summed E-state index contributed by atoms with van der Waals surface area (Å²) >= 11 is 1.22. The molecule has 1 unspecified atom stereocenters. The molecule has 1 aliphatic rings. The molecule has 1 atom stereocenters. The Labute approximate surface area is 186 Å². The predicted octanol–water partition coefficient (Wildman–Crippen LogP) is 3.69. The fourth-order valence-electron chi connectivity index (χ4n) is 3.33. The van der Waals surface area contributed by atoms with Crippen molar-refractivity contribution in [3.8, 4) is 0 Å². The van der Waals surface area contributed by atoms with Crippen molar-refractivity contribution in [1.82, 2.24) is 9.73 Å². The molecule has 2 amide bonds. The summed E-state index contributed by atoms with van der Waals surface area (Å²) in [6, 6.07) is 7.43. The number of sulfonamides is 1. The van der Waals surface area contributed by atoms with E-state index in [9.17, 15) is 18.0 Å². The summed E-state index contributed by atoms with van der Waals surface area (Å²) in [6.07, 6.45) is 2.73. The van der Waals surface area contributed by atoms with Gasteiger partial charge in [0.1, 0.15) is 5.00 Å². The van der Waals surface area contributed by atoms with Gasteiger partial charge < -0.3 is 5.32 Å². The number of anilines is 1. The van der Waals surface area contributed by atoms with Gasteiger partial charge in [-0.1, -0.05) is 6.42 Å². The van der Waals surface area contributed by atoms with E-state index in [-0.39, 0.29) is 10.9 Å². The number of nitrogens with one attached hydrogen (secondary N) is 2. The molecule has 3 rings (SSSR count). The molecule has 2 aromatic rings. The molecule has 8 nitrogen and oxygen atoms in total. The molecule has 166 valence electrons. The Morgan fingerprint density at radius 1 is 1.10 bits per heavy atom. The number of hydrogen-bond donors (Lipinski definition) is 2. The summed E-state index contributed by atoms with van der Waals surface area (Å²) < 4.78 is 27.4. The van der Waals surface area contributed by atoms with Crippen molar-refractivity contribution in [3.05, 3.63) is 46.8 Å². The summed E-state index contributed by atoms with van der Waals surface area (Å²) in [5.74, 6) is -0.850. The number of amides is 2. The van der Waals surface area contributed by atoms with Crippen LogP contribution < -0.4 is 10.7 Å². The lowest BCUT2D eigenvalue weighted by Crippen LogP contribution is -2.41. The van der Waals surface area contributed by atoms with Gasteiger partial charge in [0.25, 0.3) is 11.8 Å². The smallest absolute Gasteiger partial charge is 0.274 e. The van der Waals surface area contributed by atoms with Gasteiger partial charge in [-0.2, -0.15) is 9.41 Å². The van der Waals surface area contributed by atoms with Crippen molar-refractivity contribution in [1.29, 1.82) is 0 Å². The number of piperidine rings is 1. The highest BCUT2D eigenvalue weighted by Gasteiger charge is 2.31. The maximum absolute atomic E-state index is 12.9. The van der Waals surface area contributed by atoms with E-state index in [1.807, 2.05) is 6.92 Å². The average molecular weight is 463 g/mol. The maximum Gasteiger partial charge on any atom is 0.274 e. The van der Waals surface area contributed by atoms with Gasteiger partial charge >= 0.3 is 0 Å². The van der Waals surface area contributed by atoms with Crippen molar-refractivity contribution < 1.29 is 18.0 Å². The Bertz CT molecular complexity index is 1090. The number of thiophene rings is 1. The van der Waals surface area contributed by atoms with Gasteiger partial charge in [0.05, 0.1) is 10.5 Å². The van der Waals surface area contributed by atoms with Crippen molar-refractivity contribution in [3.63, 3.8) is 0 Å². The highest BCUT2D eigenvalue weighted by molar-refractivity contribution is 7.89. The van der Waals surface area contributed by atoms with E-state index >= 15 is 0 Å². The standard InChI is InChI=1S/C21H26N4O4S2/c1-14(2)23-24-20(27)18-11-13-30-21(18)22-19(26)16-7-9-17(10-8-16)31(28,29)25-12-5-4-6-15(25)3/h7-11,13,15H,4-6,12H2,1-3H3,(H,22,26)(H,24,27). The molecular formula is C21H26N4O4S2. The van der Waals surface area contributed by atoms with Crippen molar-refractivity contribution >= 4 is 43.9 Å². The van der Waals surface area contributed by atoms with Crippen LogP contribution in [0.4, 0.5) is 5.00 Å². The number of carbonyl (C=O) groups is 2. The van der Waals surface area contributed by atoms with Crippen LogP contribution in [0.3, 0.4) is 0 Å². The monoisotopic (exact) mass is 462 g/mol. The second-order valence-electron chi connectivity index (χ2n) is 7.60. The molecule has 0 bridgehead atoms. The van der Waals surface area contributed by atoms with E-state index in [1.54, 1.807) is 25.3 Å². The molecule has 0 spiro atoms. The van der Waals surface area contributed by atoms with E-state index in [2.05, 4.69) is 15.8 Å². The first-order chi connectivity index (χ1) is 14.7. The molecule has 10 heteroatoms. The van der Waals surface area contributed by atoms with Crippen LogP contribution in [0.2, 0.25) is 0 Å². The number of hydrogen-bond acceptors (Lipinski definition) is 6. The molecule has 1 aliphatic heterocycles. The Morgan fingerprint density at radius 3 is 2.45 bits per heavy atom. The van der Waals surface area contributed by atoms with Crippen LogP contribution in [-0.2, 0) is 10.0 Å². The number of rotatable bonds is 6. The minimum Gasteiger partial charge on any atom is -0.313 e. The second kappa shape index (κ2) is 9.71. The fraction of sp³-hybridized carbons (Fsp3) is 0.381. The number of carbonyl (C=O) groups excluding carboxylic acids is 2. The lowest BCUT2D eigenvalue weighted by molar-refractivity contribution is 0.0956. The highest BCUT2D eigenvalue weighted by Crippen LogP contribution is 2.26. The third kappa shape index (κ3) is 5.38. The number of hydrazone groups is 1. The van der Waals surface area contributed by atoms with Gasteiger partial charge in [-0.15, -0.1) is 11.3 Å². The minimum atomic E-state index is -3.60. The molecule has 2 N–H and O–H groups in total. The molecule has 0 aliphatic carbocycles. The molecule has 2 heterocycles. The summed E-state index contributed by atoms with van der Waals surface area (Å²) in [6.45, 7) is 5.94. The quantitative estimate of drug-likeness (QED) is 0.504. The SMILES string of the molecule is CC(C)=NNC(=O)c1ccsc1NC(=O)c1ccc(S(=O)(=O)N2CCCCC2C)cc1. The first-order valence-electron chi connectivity index (χ1n) is 10.0. The van der Waals surface area contributed by atoms with E-state index in [1.165, 1.54) is 39.9 Å². The molecular weight excluding hydrogens is 436 g/mol. The van der Waals surface area contributed by atoms with Crippen LogP contribution in [0.1, 0.15) is 60.7 Å². The van der Waals surface area contributed by atoms with Gasteiger partial charge in [0, 0.05) is 23.9 Å². The molecule has 1 fully saturated rings. The topological polar surface area (TPSA) is 108 Å². The van der Waals surface area contributed by atoms with Crippen LogP contribution in [0.5, 0.6) is 0 Å². The normalized spacial score (nSPS) is 17.1. The van der Waals surface area contributed by atoms with Gasteiger partial charge in [-0.3, -0.25) is 9.59 Å². The van der Waals surface area contributed by atoms with Crippen LogP contribution in [0, 0.1) is 0 Å². The van der Waals surface area contributed by atoms with Gasteiger partial charge in [-0.25, -0.2) is 13.8 Å². The average Bonchev–Trinajstić information content (AvgIpc) is 3.20. The lowest BCUT2D eigenvalue weighted by atomic mass is 10.1. The zero-order valence-corrected chi connectivity index (χ0v) is 19.3. The van der Waals surface area contributed by atoms with Crippen LogP contribution >= 0.6 is 11.3 Å². The highest BCUT2D eigenvalue weighted by atomic mass is 32.2. The first kappa shape index (κ1) is 23.1. The molecule has 31 heavy (non-hydrogen) atoms. The predicted molar refractivity (Wildman–Crippen MR) is 122 cm³/mol. The van der Waals surface area contributed by atoms with E-state index < -0.39 is 21.8 Å². The Hall–Kier alpha value is -2.56. The number of benzene rings is 1. The Balaban J connectivity index is 1.73. The fourth-order valence-corrected chi connectivity index (χ4v) is 5.80. The third-order valence-electron chi connectivity index (χ3n) is 4.98. The first-order valence-corrected chi connectivity index (χ1v) is 12.3. The van der Waals surface area contributed by atoms with Crippen LogP contribution in [0.15, 0.2) is 45.7 Å². The van der Waals surface area contributed by atoms with Gasteiger partial charge in [0.15, 0.2) is 0 Å². The maximum atomic E-state index is 12.9. The number of nitrogens with zero attached hydrogens (tertiary/aromatic N) is 2. The zero-order valence-electron chi connectivity index (χ0n) is 17.7. The summed E-state index contributed by atoms with van der Waals surface area (Å²) in [7, 11) is -3.60. The summed E-state index contributed by atoms with van der Waals surface area (Å²) in [5.41, 5.74) is 3.73. The van der Waals surface area contributed by atoms with E-state index in [0.29, 0.717) is 28.4 Å². The van der Waals surface area contributed by atoms with Crippen LogP contribution in [0.25, 0.3) is 0 Å². The largest absolute Gasteiger partial charge is 0.313 e. The molecule has 0 radical (unpaired) electrons. The van der Waals surface area contributed by atoms with Crippen molar-refractivity contribution in [2.45, 2.75) is 51.0 Å². The Kier molecular flexibility index (Phi) is 7.24. The molecule has 1 aromatic heterocycles. The molecule has 1 aromatic carbocycles. The van der Waals surface area contributed by atoms with Crippen molar-refractivity contribution in [2.24, 2.45) is 5.10 Å². The van der Waals surface area contributed by atoms with Crippen molar-refractivity contribution in [2.75, 3.05) is 11.9 Å². The summed E-state index contributed by atoms with van der Waals surface area (Å²) in [5, 5.41) is 8.69. The van der Waals surface area contributed by atoms with Gasteiger partial charge in [0.2, 0.25) is 10.0 Å².